The third-order valence-electron chi connectivity index (χ3n) is 4.98. The van der Waals surface area contributed by atoms with Crippen LogP contribution in [0, 0.1) is 6.92 Å². The highest BCUT2D eigenvalue weighted by Gasteiger charge is 2.37. The molecule has 1 amide bonds. The van der Waals surface area contributed by atoms with Crippen molar-refractivity contribution in [3.05, 3.63) is 29.8 Å². The van der Waals surface area contributed by atoms with Gasteiger partial charge in [-0.25, -0.2) is 0 Å². The molecule has 2 fully saturated rings. The quantitative estimate of drug-likeness (QED) is 0.718. The van der Waals surface area contributed by atoms with Crippen LogP contribution >= 0.6 is 0 Å². The van der Waals surface area contributed by atoms with Crippen molar-refractivity contribution in [2.24, 2.45) is 0 Å². The maximum Gasteiger partial charge on any atom is 0.282 e. The van der Waals surface area contributed by atoms with Gasteiger partial charge in [-0.3, -0.25) is 4.79 Å². The first-order chi connectivity index (χ1) is 13.3. The lowest BCUT2D eigenvalue weighted by Gasteiger charge is -2.40. The maximum absolute atomic E-state index is 12.9. The largest absolute Gasteiger partial charge is 0.484 e. The molecule has 8 nitrogen and oxygen atoms in total. The molecule has 2 aliphatic heterocycles. The minimum absolute atomic E-state index is 0.0469. The third kappa shape index (κ3) is 5.02. The molecule has 2 aliphatic rings. The Balaban J connectivity index is 1.51. The lowest BCUT2D eigenvalue weighted by molar-refractivity contribution is -0.134. The van der Waals surface area contributed by atoms with Gasteiger partial charge in [0.2, 0.25) is 0 Å². The first-order valence-corrected chi connectivity index (χ1v) is 11.0. The van der Waals surface area contributed by atoms with Crippen LogP contribution in [-0.4, -0.2) is 85.9 Å². The van der Waals surface area contributed by atoms with Gasteiger partial charge in [-0.2, -0.15) is 17.0 Å². The second-order valence-electron chi connectivity index (χ2n) is 7.47. The van der Waals surface area contributed by atoms with E-state index in [1.807, 2.05) is 45.0 Å². The van der Waals surface area contributed by atoms with Crippen LogP contribution in [0.2, 0.25) is 0 Å². The Bertz CT molecular complexity index is 783. The number of carbonyl (C=O) groups is 1. The van der Waals surface area contributed by atoms with Crippen molar-refractivity contribution in [2.45, 2.75) is 33.0 Å². The Labute approximate surface area is 167 Å². The second-order valence-corrected chi connectivity index (χ2v) is 9.40. The van der Waals surface area contributed by atoms with E-state index < -0.39 is 10.2 Å². The van der Waals surface area contributed by atoms with Crippen LogP contribution in [0.3, 0.4) is 0 Å². The smallest absolute Gasteiger partial charge is 0.282 e. The summed E-state index contributed by atoms with van der Waals surface area (Å²) in [4.78, 5) is 14.1. The fraction of sp³-hybridized carbons (Fsp3) is 0.632. The number of carbonyl (C=O) groups excluding carboxylic acids is 1. The summed E-state index contributed by atoms with van der Waals surface area (Å²) in [7, 11) is -3.54. The summed E-state index contributed by atoms with van der Waals surface area (Å²) in [6, 6.07) is 7.54. The van der Waals surface area contributed by atoms with Crippen LogP contribution in [-0.2, 0) is 19.7 Å². The molecule has 0 bridgehead atoms. The van der Waals surface area contributed by atoms with Crippen LogP contribution in [0.4, 0.5) is 0 Å². The number of aryl methyl sites for hydroxylation is 1. The SMILES string of the molecule is Cc1cccc(OCC(=O)N2CCN(S(=O)(=O)N3C[C@@H](C)O[C@@H](C)C3)CC2)c1. The fourth-order valence-corrected chi connectivity index (χ4v) is 5.34. The number of morpholine rings is 1. The topological polar surface area (TPSA) is 79.4 Å². The van der Waals surface area contributed by atoms with Gasteiger partial charge in [0.25, 0.3) is 16.1 Å². The van der Waals surface area contributed by atoms with E-state index in [1.54, 1.807) is 4.90 Å². The monoisotopic (exact) mass is 411 g/mol. The molecule has 9 heteroatoms. The standard InChI is InChI=1S/C19H29N3O5S/c1-15-5-4-6-18(11-15)26-14-19(23)20-7-9-21(10-8-20)28(24,25)22-12-16(2)27-17(3)13-22/h4-6,11,16-17H,7-10,12-14H2,1-3H3/t16-,17+. The lowest BCUT2D eigenvalue weighted by Crippen LogP contribution is -2.58. The van der Waals surface area contributed by atoms with Gasteiger partial charge >= 0.3 is 0 Å². The number of rotatable bonds is 5. The highest BCUT2D eigenvalue weighted by atomic mass is 32.2. The Morgan fingerprint density at radius 3 is 2.36 bits per heavy atom. The summed E-state index contributed by atoms with van der Waals surface area (Å²) in [5.41, 5.74) is 1.07. The molecule has 0 spiro atoms. The first kappa shape index (κ1) is 21.0. The second kappa shape index (κ2) is 8.77. The minimum atomic E-state index is -3.54. The van der Waals surface area contributed by atoms with E-state index in [0.29, 0.717) is 45.0 Å². The van der Waals surface area contributed by atoms with E-state index in [2.05, 4.69) is 0 Å². The average molecular weight is 412 g/mol. The van der Waals surface area contributed by atoms with Crippen molar-refractivity contribution < 1.29 is 22.7 Å². The normalized spacial score (nSPS) is 24.9. The molecule has 2 atom stereocenters. The van der Waals surface area contributed by atoms with Gasteiger partial charge in [-0.05, 0) is 38.5 Å². The molecule has 0 N–H and O–H groups in total. The zero-order chi connectivity index (χ0) is 20.3. The van der Waals surface area contributed by atoms with Gasteiger partial charge in [0.15, 0.2) is 6.61 Å². The van der Waals surface area contributed by atoms with Crippen molar-refractivity contribution in [3.63, 3.8) is 0 Å². The van der Waals surface area contributed by atoms with E-state index in [9.17, 15) is 13.2 Å². The number of hydrogen-bond acceptors (Lipinski definition) is 5. The number of benzene rings is 1. The summed E-state index contributed by atoms with van der Waals surface area (Å²) in [6.45, 7) is 7.70. The zero-order valence-electron chi connectivity index (χ0n) is 16.7. The lowest BCUT2D eigenvalue weighted by atomic mass is 10.2. The van der Waals surface area contributed by atoms with Gasteiger partial charge in [-0.1, -0.05) is 12.1 Å². The van der Waals surface area contributed by atoms with E-state index in [-0.39, 0.29) is 24.7 Å². The molecular weight excluding hydrogens is 382 g/mol. The van der Waals surface area contributed by atoms with Crippen LogP contribution in [0.1, 0.15) is 19.4 Å². The first-order valence-electron chi connectivity index (χ1n) is 9.63. The third-order valence-corrected chi connectivity index (χ3v) is 6.95. The fourth-order valence-electron chi connectivity index (χ4n) is 3.59. The highest BCUT2D eigenvalue weighted by molar-refractivity contribution is 7.86. The predicted molar refractivity (Wildman–Crippen MR) is 105 cm³/mol. The van der Waals surface area contributed by atoms with Gasteiger partial charge in [0.05, 0.1) is 12.2 Å². The molecule has 28 heavy (non-hydrogen) atoms. The van der Waals surface area contributed by atoms with Crippen LogP contribution < -0.4 is 4.74 Å². The maximum atomic E-state index is 12.9. The van der Waals surface area contributed by atoms with Crippen molar-refractivity contribution in [1.82, 2.24) is 13.5 Å². The van der Waals surface area contributed by atoms with Crippen molar-refractivity contribution in [3.8, 4) is 5.75 Å². The predicted octanol–water partition coefficient (Wildman–Crippen LogP) is 0.872. The Hall–Kier alpha value is -1.68. The van der Waals surface area contributed by atoms with Gasteiger partial charge in [0.1, 0.15) is 5.75 Å². The van der Waals surface area contributed by atoms with Crippen LogP contribution in [0.25, 0.3) is 0 Å². The van der Waals surface area contributed by atoms with Crippen molar-refractivity contribution >= 4 is 16.1 Å². The number of hydrogen-bond donors (Lipinski definition) is 0. The van der Waals surface area contributed by atoms with E-state index in [4.69, 9.17) is 9.47 Å². The summed E-state index contributed by atoms with van der Waals surface area (Å²) in [5, 5.41) is 0. The molecule has 0 aliphatic carbocycles. The molecular formula is C19H29N3O5S. The molecule has 0 saturated carbocycles. The van der Waals surface area contributed by atoms with Crippen molar-refractivity contribution in [2.75, 3.05) is 45.9 Å². The zero-order valence-corrected chi connectivity index (χ0v) is 17.5. The molecule has 2 saturated heterocycles. The van der Waals surface area contributed by atoms with Gasteiger partial charge < -0.3 is 14.4 Å². The number of amides is 1. The van der Waals surface area contributed by atoms with E-state index >= 15 is 0 Å². The van der Waals surface area contributed by atoms with Gasteiger partial charge in [-0.15, -0.1) is 0 Å². The molecule has 156 valence electrons. The van der Waals surface area contributed by atoms with Crippen molar-refractivity contribution in [1.29, 1.82) is 0 Å². The summed E-state index contributed by atoms with van der Waals surface area (Å²) in [5.74, 6) is 0.525. The molecule has 0 radical (unpaired) electrons. The molecule has 1 aromatic rings. The molecule has 1 aromatic carbocycles. The molecule has 0 unspecified atom stereocenters. The van der Waals surface area contributed by atoms with E-state index in [1.165, 1.54) is 8.61 Å². The summed E-state index contributed by atoms with van der Waals surface area (Å²) in [6.07, 6.45) is -0.250. The Morgan fingerprint density at radius 1 is 1.11 bits per heavy atom. The summed E-state index contributed by atoms with van der Waals surface area (Å²) < 4.78 is 40.0. The number of nitrogens with zero attached hydrogens (tertiary/aromatic N) is 3. The molecule has 3 rings (SSSR count). The highest BCUT2D eigenvalue weighted by Crippen LogP contribution is 2.19. The number of piperazine rings is 1. The Morgan fingerprint density at radius 2 is 1.75 bits per heavy atom. The van der Waals surface area contributed by atoms with Gasteiger partial charge in [0, 0.05) is 39.3 Å². The summed E-state index contributed by atoms with van der Waals surface area (Å²) >= 11 is 0. The van der Waals surface area contributed by atoms with E-state index in [0.717, 1.165) is 5.56 Å². The van der Waals surface area contributed by atoms with Crippen LogP contribution in [0.15, 0.2) is 24.3 Å². The molecule has 0 aromatic heterocycles. The Kier molecular flexibility index (Phi) is 6.59. The number of ether oxygens (including phenoxy) is 2. The molecule has 2 heterocycles. The minimum Gasteiger partial charge on any atom is -0.484 e. The average Bonchev–Trinajstić information content (AvgIpc) is 2.65. The van der Waals surface area contributed by atoms with Crippen LogP contribution in [0.5, 0.6) is 5.75 Å².